The molecule has 2 aromatic carbocycles. The smallest absolute Gasteiger partial charge is 0.0744 e. The van der Waals surface area contributed by atoms with E-state index in [0.29, 0.717) is 13.2 Å². The van der Waals surface area contributed by atoms with Gasteiger partial charge >= 0.3 is 0 Å². The SMILES string of the molecule is Brc1cc(Br)c(Br)c(COCc2c(Br)c(Br)cc(Br)c2Br)c1Br. The fourth-order valence-electron chi connectivity index (χ4n) is 1.75. The molecule has 0 heterocycles. The summed E-state index contributed by atoms with van der Waals surface area (Å²) in [7, 11) is 0. The topological polar surface area (TPSA) is 9.23 Å². The highest BCUT2D eigenvalue weighted by molar-refractivity contribution is 9.14. The Morgan fingerprint density at radius 2 is 0.783 bits per heavy atom. The van der Waals surface area contributed by atoms with E-state index in [4.69, 9.17) is 4.74 Å². The molecule has 0 spiro atoms. The Kier molecular flexibility index (Phi) is 8.84. The highest BCUT2D eigenvalue weighted by Gasteiger charge is 2.15. The van der Waals surface area contributed by atoms with Crippen LogP contribution in [0.1, 0.15) is 11.1 Å². The molecule has 0 atom stereocenters. The monoisotopic (exact) mass is 821 g/mol. The molecule has 0 aliphatic carbocycles. The molecule has 0 amide bonds. The molecule has 2 rings (SSSR count). The molecule has 1 nitrogen and oxygen atoms in total. The minimum Gasteiger partial charge on any atom is -0.372 e. The molecule has 124 valence electrons. The third-order valence-corrected chi connectivity index (χ3v) is 11.2. The standard InChI is InChI=1S/C14H6Br8O/c15-7-1-8(16)12(20)5(11(7)19)3-23-4-6-13(21)9(17)2-10(18)14(6)22/h1-2H,3-4H2. The summed E-state index contributed by atoms with van der Waals surface area (Å²) in [5, 5.41) is 0. The molecule has 0 aromatic heterocycles. The highest BCUT2D eigenvalue weighted by atomic mass is 79.9. The van der Waals surface area contributed by atoms with Crippen LogP contribution in [0.4, 0.5) is 0 Å². The Hall–Kier alpha value is 2.24. The van der Waals surface area contributed by atoms with E-state index in [0.717, 1.165) is 46.9 Å². The minimum atomic E-state index is 0.461. The first-order chi connectivity index (χ1) is 10.7. The molecule has 0 aliphatic rings. The van der Waals surface area contributed by atoms with Crippen molar-refractivity contribution >= 4 is 127 Å². The Labute approximate surface area is 201 Å². The van der Waals surface area contributed by atoms with Crippen molar-refractivity contribution in [1.29, 1.82) is 0 Å². The van der Waals surface area contributed by atoms with Crippen LogP contribution >= 0.6 is 127 Å². The number of ether oxygens (including phenoxy) is 1. The molecule has 0 radical (unpaired) electrons. The first-order valence-electron chi connectivity index (χ1n) is 5.95. The van der Waals surface area contributed by atoms with E-state index in [1.165, 1.54) is 0 Å². The summed E-state index contributed by atoms with van der Waals surface area (Å²) in [5.41, 5.74) is 2.07. The van der Waals surface area contributed by atoms with Gasteiger partial charge in [0, 0.05) is 46.9 Å². The average molecular weight is 829 g/mol. The van der Waals surface area contributed by atoms with Crippen LogP contribution in [0.15, 0.2) is 47.9 Å². The molecular formula is C14H6Br8O. The zero-order valence-electron chi connectivity index (χ0n) is 11.0. The van der Waals surface area contributed by atoms with Crippen molar-refractivity contribution in [1.82, 2.24) is 0 Å². The molecule has 0 unspecified atom stereocenters. The Morgan fingerprint density at radius 3 is 1.04 bits per heavy atom. The second kappa shape index (κ2) is 9.44. The molecular weight excluding hydrogens is 823 g/mol. The van der Waals surface area contributed by atoms with Gasteiger partial charge < -0.3 is 4.74 Å². The number of benzene rings is 2. The molecule has 23 heavy (non-hydrogen) atoms. The summed E-state index contributed by atoms with van der Waals surface area (Å²) >= 11 is 28.5. The predicted octanol–water partition coefficient (Wildman–Crippen LogP) is 9.50. The number of hydrogen-bond acceptors (Lipinski definition) is 1. The minimum absolute atomic E-state index is 0.461. The van der Waals surface area contributed by atoms with Crippen LogP contribution in [-0.4, -0.2) is 0 Å². The third kappa shape index (κ3) is 5.15. The van der Waals surface area contributed by atoms with Crippen molar-refractivity contribution in [2.24, 2.45) is 0 Å². The molecule has 0 N–H and O–H groups in total. The van der Waals surface area contributed by atoms with Gasteiger partial charge in [0.2, 0.25) is 0 Å². The van der Waals surface area contributed by atoms with E-state index < -0.39 is 0 Å². The van der Waals surface area contributed by atoms with E-state index >= 15 is 0 Å². The van der Waals surface area contributed by atoms with Gasteiger partial charge in [-0.2, -0.15) is 0 Å². The van der Waals surface area contributed by atoms with Crippen LogP contribution in [0.5, 0.6) is 0 Å². The maximum absolute atomic E-state index is 5.95. The largest absolute Gasteiger partial charge is 0.372 e. The number of hydrogen-bond donors (Lipinski definition) is 0. The van der Waals surface area contributed by atoms with Crippen molar-refractivity contribution in [3.8, 4) is 0 Å². The van der Waals surface area contributed by atoms with Gasteiger partial charge in [0.1, 0.15) is 0 Å². The van der Waals surface area contributed by atoms with Gasteiger partial charge in [-0.15, -0.1) is 0 Å². The van der Waals surface area contributed by atoms with Crippen LogP contribution in [0.3, 0.4) is 0 Å². The molecule has 2 aromatic rings. The van der Waals surface area contributed by atoms with Gasteiger partial charge in [0.25, 0.3) is 0 Å². The normalized spacial score (nSPS) is 11.1. The lowest BCUT2D eigenvalue weighted by molar-refractivity contribution is 0.105. The number of rotatable bonds is 4. The zero-order valence-corrected chi connectivity index (χ0v) is 23.7. The quantitative estimate of drug-likeness (QED) is 0.279. The van der Waals surface area contributed by atoms with Gasteiger partial charge in [-0.05, 0) is 140 Å². The van der Waals surface area contributed by atoms with E-state index in [1.807, 2.05) is 12.1 Å². The Morgan fingerprint density at radius 1 is 0.522 bits per heavy atom. The van der Waals surface area contributed by atoms with Crippen molar-refractivity contribution in [3.63, 3.8) is 0 Å². The van der Waals surface area contributed by atoms with E-state index in [2.05, 4.69) is 127 Å². The van der Waals surface area contributed by atoms with Crippen LogP contribution in [-0.2, 0) is 18.0 Å². The molecule has 0 bridgehead atoms. The van der Waals surface area contributed by atoms with Gasteiger partial charge in [-0.3, -0.25) is 0 Å². The van der Waals surface area contributed by atoms with Crippen molar-refractivity contribution in [3.05, 3.63) is 59.0 Å². The predicted molar refractivity (Wildman–Crippen MR) is 123 cm³/mol. The average Bonchev–Trinajstić information content (AvgIpc) is 2.49. The first kappa shape index (κ1) is 21.5. The lowest BCUT2D eigenvalue weighted by Gasteiger charge is -2.14. The lowest BCUT2D eigenvalue weighted by atomic mass is 10.2. The van der Waals surface area contributed by atoms with Crippen LogP contribution in [0.25, 0.3) is 0 Å². The molecule has 0 fully saturated rings. The van der Waals surface area contributed by atoms with Crippen molar-refractivity contribution < 1.29 is 4.74 Å². The van der Waals surface area contributed by atoms with Gasteiger partial charge in [-0.1, -0.05) is 0 Å². The second-order valence-corrected chi connectivity index (χ2v) is 11.0. The maximum Gasteiger partial charge on any atom is 0.0744 e. The second-order valence-electron chi connectivity index (χ2n) is 4.39. The molecule has 9 heteroatoms. The molecule has 0 aliphatic heterocycles. The first-order valence-corrected chi connectivity index (χ1v) is 12.3. The Bertz CT molecular complexity index is 643. The van der Waals surface area contributed by atoms with Gasteiger partial charge in [0.15, 0.2) is 0 Å². The summed E-state index contributed by atoms with van der Waals surface area (Å²) in [5.74, 6) is 0. The van der Waals surface area contributed by atoms with E-state index in [9.17, 15) is 0 Å². The van der Waals surface area contributed by atoms with Gasteiger partial charge in [-0.25, -0.2) is 0 Å². The van der Waals surface area contributed by atoms with Crippen LogP contribution in [0, 0.1) is 0 Å². The summed E-state index contributed by atoms with van der Waals surface area (Å²) in [4.78, 5) is 0. The molecule has 0 saturated heterocycles. The van der Waals surface area contributed by atoms with Crippen LogP contribution in [0.2, 0.25) is 0 Å². The van der Waals surface area contributed by atoms with E-state index in [1.54, 1.807) is 0 Å². The van der Waals surface area contributed by atoms with Gasteiger partial charge in [0.05, 0.1) is 13.2 Å². The lowest BCUT2D eigenvalue weighted by Crippen LogP contribution is -1.99. The summed E-state index contributed by atoms with van der Waals surface area (Å²) < 4.78 is 13.7. The zero-order chi connectivity index (χ0) is 17.3. The maximum atomic E-state index is 5.95. The van der Waals surface area contributed by atoms with E-state index in [-0.39, 0.29) is 0 Å². The summed E-state index contributed by atoms with van der Waals surface area (Å²) in [6.45, 7) is 0.921. The van der Waals surface area contributed by atoms with Crippen LogP contribution < -0.4 is 0 Å². The Balaban J connectivity index is 2.22. The fraction of sp³-hybridized carbons (Fsp3) is 0.143. The van der Waals surface area contributed by atoms with Crippen molar-refractivity contribution in [2.75, 3.05) is 0 Å². The highest BCUT2D eigenvalue weighted by Crippen LogP contribution is 2.40. The summed E-state index contributed by atoms with van der Waals surface area (Å²) in [6.07, 6.45) is 0. The molecule has 0 saturated carbocycles. The van der Waals surface area contributed by atoms with Crippen molar-refractivity contribution in [2.45, 2.75) is 13.2 Å². The number of halogens is 8. The summed E-state index contributed by atoms with van der Waals surface area (Å²) in [6, 6.07) is 3.96. The third-order valence-electron chi connectivity index (χ3n) is 2.90. The fourth-order valence-corrected chi connectivity index (χ4v) is 6.48.